The highest BCUT2D eigenvalue weighted by Crippen LogP contribution is 2.30. The number of benzene rings is 1. The molecule has 6 nitrogen and oxygen atoms in total. The summed E-state index contributed by atoms with van der Waals surface area (Å²) in [5.41, 5.74) is 7.25. The van der Waals surface area contributed by atoms with E-state index in [4.69, 9.17) is 15.9 Å². The first-order valence-corrected chi connectivity index (χ1v) is 7.96. The molecule has 0 radical (unpaired) electrons. The maximum absolute atomic E-state index is 7.59. The second-order valence-electron chi connectivity index (χ2n) is 4.48. The van der Waals surface area contributed by atoms with Gasteiger partial charge in [0, 0.05) is 19.8 Å². The Kier molecular flexibility index (Phi) is 5.03. The summed E-state index contributed by atoms with van der Waals surface area (Å²) in [7, 11) is 5.45. The van der Waals surface area contributed by atoms with Gasteiger partial charge in [-0.3, -0.25) is 5.41 Å². The third-order valence-electron chi connectivity index (χ3n) is 2.69. The van der Waals surface area contributed by atoms with Gasteiger partial charge in [-0.25, -0.2) is 0 Å². The fourth-order valence-corrected chi connectivity index (χ4v) is 3.35. The van der Waals surface area contributed by atoms with E-state index in [0.717, 1.165) is 20.8 Å². The highest BCUT2D eigenvalue weighted by molar-refractivity contribution is 8.00. The molecular weight excluding hydrogens is 306 g/mol. The van der Waals surface area contributed by atoms with Crippen LogP contribution >= 0.6 is 23.1 Å². The number of anilines is 1. The van der Waals surface area contributed by atoms with Crippen LogP contribution < -0.4 is 15.4 Å². The van der Waals surface area contributed by atoms with Crippen molar-refractivity contribution < 1.29 is 4.74 Å². The maximum atomic E-state index is 7.59. The van der Waals surface area contributed by atoms with Gasteiger partial charge in [-0.05, 0) is 17.7 Å². The Morgan fingerprint density at radius 3 is 2.76 bits per heavy atom. The largest absolute Gasteiger partial charge is 0.496 e. The van der Waals surface area contributed by atoms with Crippen LogP contribution in [0, 0.1) is 5.41 Å². The van der Waals surface area contributed by atoms with Crippen LogP contribution in [0.1, 0.15) is 11.1 Å². The summed E-state index contributed by atoms with van der Waals surface area (Å²) in [5.74, 6) is 1.36. The molecule has 0 aliphatic carbocycles. The molecule has 0 atom stereocenters. The molecule has 2 aromatic rings. The van der Waals surface area contributed by atoms with E-state index in [1.54, 1.807) is 30.2 Å². The zero-order chi connectivity index (χ0) is 15.4. The highest BCUT2D eigenvalue weighted by atomic mass is 32.2. The molecule has 112 valence electrons. The van der Waals surface area contributed by atoms with Crippen molar-refractivity contribution >= 4 is 34.1 Å². The molecule has 8 heteroatoms. The van der Waals surface area contributed by atoms with Gasteiger partial charge in [0.15, 0.2) is 4.34 Å². The molecule has 0 unspecified atom stereocenters. The van der Waals surface area contributed by atoms with Gasteiger partial charge in [-0.2, -0.15) is 0 Å². The van der Waals surface area contributed by atoms with E-state index in [1.807, 2.05) is 37.2 Å². The zero-order valence-electron chi connectivity index (χ0n) is 12.1. The quantitative estimate of drug-likeness (QED) is 0.481. The summed E-state index contributed by atoms with van der Waals surface area (Å²) >= 11 is 3.17. The lowest BCUT2D eigenvalue weighted by molar-refractivity contribution is 0.413. The van der Waals surface area contributed by atoms with Crippen LogP contribution in [-0.2, 0) is 5.75 Å². The standard InChI is InChI=1S/C13H17N5OS2/c1-18(2)12-16-17-13(21-12)20-7-8-4-5-10(19-3)9(6-8)11(14)15/h4-6H,7H2,1-3H3,(H3,14,15). The van der Waals surface area contributed by atoms with Crippen molar-refractivity contribution in [2.45, 2.75) is 10.1 Å². The second-order valence-corrected chi connectivity index (χ2v) is 6.66. The van der Waals surface area contributed by atoms with Crippen LogP contribution in [0.2, 0.25) is 0 Å². The van der Waals surface area contributed by atoms with Crippen molar-refractivity contribution in [3.8, 4) is 5.75 Å². The van der Waals surface area contributed by atoms with Gasteiger partial charge in [0.25, 0.3) is 0 Å². The molecule has 0 saturated heterocycles. The van der Waals surface area contributed by atoms with E-state index < -0.39 is 0 Å². The summed E-state index contributed by atoms with van der Waals surface area (Å²) in [5, 5.41) is 16.7. The third kappa shape index (κ3) is 3.85. The molecule has 3 N–H and O–H groups in total. The average Bonchev–Trinajstić information content (AvgIpc) is 2.94. The number of nitrogens with zero attached hydrogens (tertiary/aromatic N) is 3. The van der Waals surface area contributed by atoms with E-state index in [9.17, 15) is 0 Å². The Morgan fingerprint density at radius 2 is 2.19 bits per heavy atom. The molecule has 1 aromatic heterocycles. The number of thioether (sulfide) groups is 1. The predicted molar refractivity (Wildman–Crippen MR) is 87.8 cm³/mol. The lowest BCUT2D eigenvalue weighted by atomic mass is 10.1. The van der Waals surface area contributed by atoms with Crippen LogP contribution in [0.25, 0.3) is 0 Å². The summed E-state index contributed by atoms with van der Waals surface area (Å²) < 4.78 is 6.12. The maximum Gasteiger partial charge on any atom is 0.208 e. The van der Waals surface area contributed by atoms with Crippen molar-refractivity contribution in [1.82, 2.24) is 10.2 Å². The SMILES string of the molecule is COc1ccc(CSc2nnc(N(C)C)s2)cc1C(=N)N. The van der Waals surface area contributed by atoms with Gasteiger partial charge < -0.3 is 15.4 Å². The Morgan fingerprint density at radius 1 is 1.43 bits per heavy atom. The molecule has 0 aliphatic rings. The number of hydrogen-bond acceptors (Lipinski definition) is 7. The topological polar surface area (TPSA) is 88.1 Å². The monoisotopic (exact) mass is 323 g/mol. The summed E-state index contributed by atoms with van der Waals surface area (Å²) in [6.07, 6.45) is 0. The Bertz CT molecular complexity index is 641. The number of ether oxygens (including phenoxy) is 1. The number of nitrogens with two attached hydrogens (primary N) is 1. The van der Waals surface area contributed by atoms with Gasteiger partial charge in [0.2, 0.25) is 5.13 Å². The van der Waals surface area contributed by atoms with Crippen molar-refractivity contribution in [1.29, 1.82) is 5.41 Å². The van der Waals surface area contributed by atoms with Crippen molar-refractivity contribution in [2.75, 3.05) is 26.1 Å². The van der Waals surface area contributed by atoms with Crippen LogP contribution in [0.4, 0.5) is 5.13 Å². The lowest BCUT2D eigenvalue weighted by Gasteiger charge is -2.09. The first-order valence-electron chi connectivity index (χ1n) is 6.16. The molecule has 0 aliphatic heterocycles. The minimum atomic E-state index is 0.00418. The summed E-state index contributed by atoms with van der Waals surface area (Å²) in [6, 6.07) is 5.67. The molecule has 0 spiro atoms. The summed E-state index contributed by atoms with van der Waals surface area (Å²) in [4.78, 5) is 1.93. The van der Waals surface area contributed by atoms with E-state index in [-0.39, 0.29) is 5.84 Å². The molecule has 0 bridgehead atoms. The second kappa shape index (κ2) is 6.77. The molecule has 1 heterocycles. The number of rotatable bonds is 6. The van der Waals surface area contributed by atoms with Gasteiger partial charge in [-0.1, -0.05) is 29.2 Å². The van der Waals surface area contributed by atoms with Crippen molar-refractivity contribution in [3.05, 3.63) is 29.3 Å². The fraction of sp³-hybridized carbons (Fsp3) is 0.308. The van der Waals surface area contributed by atoms with Crippen LogP contribution in [0.3, 0.4) is 0 Å². The molecule has 0 saturated carbocycles. The number of nitrogens with one attached hydrogen (secondary N) is 1. The zero-order valence-corrected chi connectivity index (χ0v) is 13.7. The van der Waals surface area contributed by atoms with E-state index >= 15 is 0 Å². The fourth-order valence-electron chi connectivity index (χ4n) is 1.64. The molecule has 21 heavy (non-hydrogen) atoms. The predicted octanol–water partition coefficient (Wildman–Crippen LogP) is 2.19. The molecule has 1 aromatic carbocycles. The van der Waals surface area contributed by atoms with Gasteiger partial charge >= 0.3 is 0 Å². The van der Waals surface area contributed by atoms with Crippen molar-refractivity contribution in [3.63, 3.8) is 0 Å². The van der Waals surface area contributed by atoms with Gasteiger partial charge in [0.05, 0.1) is 12.7 Å². The van der Waals surface area contributed by atoms with E-state index in [0.29, 0.717) is 11.3 Å². The number of methoxy groups -OCH3 is 1. The minimum absolute atomic E-state index is 0.00418. The van der Waals surface area contributed by atoms with Crippen LogP contribution in [-0.4, -0.2) is 37.2 Å². The smallest absolute Gasteiger partial charge is 0.208 e. The number of aromatic nitrogens is 2. The van der Waals surface area contributed by atoms with E-state index in [2.05, 4.69) is 10.2 Å². The molecule has 0 amide bonds. The Labute approximate surface area is 131 Å². The normalized spacial score (nSPS) is 10.4. The van der Waals surface area contributed by atoms with Gasteiger partial charge in [0.1, 0.15) is 11.6 Å². The first kappa shape index (κ1) is 15.6. The van der Waals surface area contributed by atoms with Crippen LogP contribution in [0.5, 0.6) is 5.75 Å². The lowest BCUT2D eigenvalue weighted by Crippen LogP contribution is -2.12. The first-order chi connectivity index (χ1) is 10.0. The van der Waals surface area contributed by atoms with E-state index in [1.165, 1.54) is 0 Å². The highest BCUT2D eigenvalue weighted by Gasteiger charge is 2.10. The van der Waals surface area contributed by atoms with Crippen molar-refractivity contribution in [2.24, 2.45) is 5.73 Å². The number of hydrogen-bond donors (Lipinski definition) is 2. The van der Waals surface area contributed by atoms with Gasteiger partial charge in [-0.15, -0.1) is 10.2 Å². The molecular formula is C13H17N5OS2. The summed E-state index contributed by atoms with van der Waals surface area (Å²) in [6.45, 7) is 0. The molecule has 0 fully saturated rings. The Balaban J connectivity index is 2.09. The third-order valence-corrected chi connectivity index (χ3v) is 4.99. The Hall–Kier alpha value is -1.80. The molecule has 2 rings (SSSR count). The average molecular weight is 323 g/mol. The number of nitrogen functional groups attached to an aromatic ring is 1. The number of amidine groups is 1. The van der Waals surface area contributed by atoms with Crippen LogP contribution in [0.15, 0.2) is 22.5 Å². The minimum Gasteiger partial charge on any atom is -0.496 e.